The van der Waals surface area contributed by atoms with Gasteiger partial charge in [0.25, 0.3) is 0 Å². The van der Waals surface area contributed by atoms with E-state index in [9.17, 15) is 22.0 Å². The molecule has 4 rings (SSSR count). The third kappa shape index (κ3) is 2.97. The van der Waals surface area contributed by atoms with E-state index >= 15 is 0 Å². The lowest BCUT2D eigenvalue weighted by molar-refractivity contribution is 0.0385. The maximum Gasteiger partial charge on any atom is 0.341 e. The van der Waals surface area contributed by atoms with Crippen molar-refractivity contribution < 1.29 is 26.7 Å². The SMILES string of the molecule is O=C(OC1c2ccccc2-c2ccccc21)c1ccc(S(=O)(=O)C(F)F)cc1. The zero-order valence-electron chi connectivity index (χ0n) is 14.4. The van der Waals surface area contributed by atoms with Gasteiger partial charge in [-0.1, -0.05) is 48.5 Å². The van der Waals surface area contributed by atoms with Gasteiger partial charge in [-0.3, -0.25) is 0 Å². The Hall–Kier alpha value is -3.06. The van der Waals surface area contributed by atoms with E-state index in [1.165, 1.54) is 12.1 Å². The predicted octanol–water partition coefficient (Wildman–Crippen LogP) is 4.61. The molecule has 0 N–H and O–H groups in total. The molecule has 142 valence electrons. The first kappa shape index (κ1) is 18.3. The number of carbonyl (C=O) groups excluding carboxylic acids is 1. The highest BCUT2D eigenvalue weighted by atomic mass is 32.2. The average molecular weight is 400 g/mol. The van der Waals surface area contributed by atoms with Gasteiger partial charge in [0.2, 0.25) is 9.84 Å². The molecule has 1 aliphatic rings. The minimum atomic E-state index is -4.71. The van der Waals surface area contributed by atoms with Crippen LogP contribution in [0.15, 0.2) is 77.7 Å². The normalized spacial score (nSPS) is 13.2. The van der Waals surface area contributed by atoms with E-state index in [0.717, 1.165) is 34.4 Å². The van der Waals surface area contributed by atoms with Crippen LogP contribution in [0.1, 0.15) is 27.6 Å². The number of sulfone groups is 1. The largest absolute Gasteiger partial charge is 0.449 e. The van der Waals surface area contributed by atoms with E-state index in [1.54, 1.807) is 0 Å². The highest BCUT2D eigenvalue weighted by molar-refractivity contribution is 7.91. The molecule has 0 radical (unpaired) electrons. The summed E-state index contributed by atoms with van der Waals surface area (Å²) in [6.07, 6.45) is -0.593. The topological polar surface area (TPSA) is 60.4 Å². The molecule has 0 saturated heterocycles. The van der Waals surface area contributed by atoms with Crippen molar-refractivity contribution in [3.05, 3.63) is 89.5 Å². The van der Waals surface area contributed by atoms with Crippen LogP contribution < -0.4 is 0 Å². The van der Waals surface area contributed by atoms with Crippen LogP contribution in [-0.4, -0.2) is 20.1 Å². The summed E-state index contributed by atoms with van der Waals surface area (Å²) in [7, 11) is -4.71. The van der Waals surface area contributed by atoms with Crippen molar-refractivity contribution in [2.24, 2.45) is 0 Å². The predicted molar refractivity (Wildman–Crippen MR) is 98.8 cm³/mol. The van der Waals surface area contributed by atoms with Gasteiger partial charge in [-0.05, 0) is 35.4 Å². The second-order valence-electron chi connectivity index (χ2n) is 6.29. The van der Waals surface area contributed by atoms with Crippen molar-refractivity contribution in [3.63, 3.8) is 0 Å². The standard InChI is InChI=1S/C21H14F2O4S/c22-21(23)28(25,26)14-11-9-13(10-12-14)20(24)27-19-17-7-3-1-5-15(17)16-6-2-4-8-18(16)19/h1-12,19,21H. The van der Waals surface area contributed by atoms with Gasteiger partial charge in [0, 0.05) is 11.1 Å². The quantitative estimate of drug-likeness (QED) is 0.600. The third-order valence-electron chi connectivity index (χ3n) is 4.65. The van der Waals surface area contributed by atoms with Crippen LogP contribution in [0.5, 0.6) is 0 Å². The van der Waals surface area contributed by atoms with E-state index in [1.807, 2.05) is 48.5 Å². The maximum atomic E-state index is 12.6. The molecule has 0 heterocycles. The number of hydrogen-bond donors (Lipinski definition) is 0. The summed E-state index contributed by atoms with van der Waals surface area (Å²) >= 11 is 0. The third-order valence-corrected chi connectivity index (χ3v) is 6.05. The van der Waals surface area contributed by atoms with Gasteiger partial charge in [-0.15, -0.1) is 0 Å². The van der Waals surface area contributed by atoms with Crippen LogP contribution in [0.4, 0.5) is 8.78 Å². The summed E-state index contributed by atoms with van der Waals surface area (Å²) in [5.74, 6) is -4.19. The van der Waals surface area contributed by atoms with Crippen molar-refractivity contribution >= 4 is 15.8 Å². The summed E-state index contributed by atoms with van der Waals surface area (Å²) < 4.78 is 53.9. The summed E-state index contributed by atoms with van der Waals surface area (Å²) in [4.78, 5) is 12.0. The lowest BCUT2D eigenvalue weighted by Crippen LogP contribution is -2.13. The molecular formula is C21H14F2O4S. The molecule has 0 amide bonds. The lowest BCUT2D eigenvalue weighted by Gasteiger charge is -2.15. The number of esters is 1. The Morgan fingerprint density at radius 1 is 0.821 bits per heavy atom. The first-order chi connectivity index (χ1) is 13.4. The van der Waals surface area contributed by atoms with E-state index in [2.05, 4.69) is 0 Å². The van der Waals surface area contributed by atoms with Crippen LogP contribution in [-0.2, 0) is 14.6 Å². The molecule has 0 fully saturated rings. The molecule has 0 bridgehead atoms. The van der Waals surface area contributed by atoms with E-state index in [-0.39, 0.29) is 5.56 Å². The number of rotatable bonds is 4. The van der Waals surface area contributed by atoms with E-state index < -0.39 is 32.6 Å². The Labute approximate surface area is 160 Å². The van der Waals surface area contributed by atoms with Crippen molar-refractivity contribution in [3.8, 4) is 11.1 Å². The smallest absolute Gasteiger partial charge is 0.341 e. The minimum absolute atomic E-state index is 0.0788. The van der Waals surface area contributed by atoms with Crippen LogP contribution in [0, 0.1) is 0 Å². The van der Waals surface area contributed by atoms with Gasteiger partial charge < -0.3 is 4.74 Å². The minimum Gasteiger partial charge on any atom is -0.449 e. The Kier molecular flexibility index (Phi) is 4.47. The zero-order valence-corrected chi connectivity index (χ0v) is 15.2. The van der Waals surface area contributed by atoms with Crippen molar-refractivity contribution in [1.29, 1.82) is 0 Å². The molecule has 1 aliphatic carbocycles. The molecule has 0 spiro atoms. The summed E-state index contributed by atoms with van der Waals surface area (Å²) in [6.45, 7) is 0. The fourth-order valence-corrected chi connectivity index (χ4v) is 4.02. The van der Waals surface area contributed by atoms with Gasteiger partial charge in [-0.25, -0.2) is 13.2 Å². The average Bonchev–Trinajstić information content (AvgIpc) is 3.02. The molecule has 4 nitrogen and oxygen atoms in total. The molecule has 7 heteroatoms. The number of hydrogen-bond acceptors (Lipinski definition) is 4. The molecule has 0 aromatic heterocycles. The number of benzene rings is 3. The van der Waals surface area contributed by atoms with Gasteiger partial charge in [-0.2, -0.15) is 8.78 Å². The number of fused-ring (bicyclic) bond motifs is 3. The van der Waals surface area contributed by atoms with Crippen molar-refractivity contribution in [2.75, 3.05) is 0 Å². The number of carbonyl (C=O) groups is 1. The highest BCUT2D eigenvalue weighted by Crippen LogP contribution is 2.45. The molecule has 0 aliphatic heterocycles. The van der Waals surface area contributed by atoms with Gasteiger partial charge in [0.05, 0.1) is 10.5 Å². The number of alkyl halides is 2. The van der Waals surface area contributed by atoms with E-state index in [4.69, 9.17) is 4.74 Å². The Bertz CT molecular complexity index is 1110. The summed E-state index contributed by atoms with van der Waals surface area (Å²) in [5.41, 5.74) is 3.75. The Morgan fingerprint density at radius 2 is 1.32 bits per heavy atom. The summed E-state index contributed by atoms with van der Waals surface area (Å²) in [6, 6.07) is 19.5. The summed E-state index contributed by atoms with van der Waals surface area (Å²) in [5, 5.41) is 0. The molecule has 0 atom stereocenters. The molecule has 3 aromatic rings. The molecule has 3 aromatic carbocycles. The van der Waals surface area contributed by atoms with Crippen LogP contribution in [0.3, 0.4) is 0 Å². The second-order valence-corrected chi connectivity index (χ2v) is 8.21. The first-order valence-electron chi connectivity index (χ1n) is 8.41. The van der Waals surface area contributed by atoms with Gasteiger partial charge in [0.1, 0.15) is 0 Å². The Morgan fingerprint density at radius 3 is 1.82 bits per heavy atom. The van der Waals surface area contributed by atoms with Crippen molar-refractivity contribution in [1.82, 2.24) is 0 Å². The Balaban J connectivity index is 1.63. The highest BCUT2D eigenvalue weighted by Gasteiger charge is 2.31. The number of ether oxygens (including phenoxy) is 1. The number of halogens is 2. The fraction of sp³-hybridized carbons (Fsp3) is 0.0952. The van der Waals surface area contributed by atoms with Gasteiger partial charge >= 0.3 is 11.7 Å². The maximum absolute atomic E-state index is 12.6. The van der Waals surface area contributed by atoms with Crippen LogP contribution in [0.25, 0.3) is 11.1 Å². The molecular weight excluding hydrogens is 386 g/mol. The molecule has 28 heavy (non-hydrogen) atoms. The fourth-order valence-electron chi connectivity index (χ4n) is 3.29. The second kappa shape index (κ2) is 6.83. The van der Waals surface area contributed by atoms with Gasteiger partial charge in [0.15, 0.2) is 6.10 Å². The lowest BCUT2D eigenvalue weighted by atomic mass is 10.1. The monoisotopic (exact) mass is 400 g/mol. The van der Waals surface area contributed by atoms with Crippen LogP contribution in [0.2, 0.25) is 0 Å². The first-order valence-corrected chi connectivity index (χ1v) is 9.95. The molecule has 0 saturated carbocycles. The van der Waals surface area contributed by atoms with Crippen molar-refractivity contribution in [2.45, 2.75) is 16.8 Å². The van der Waals surface area contributed by atoms with E-state index in [0.29, 0.717) is 0 Å². The molecule has 0 unspecified atom stereocenters. The zero-order chi connectivity index (χ0) is 19.9. The van der Waals surface area contributed by atoms with Crippen LogP contribution >= 0.6 is 0 Å².